The van der Waals surface area contributed by atoms with Gasteiger partial charge in [-0.25, -0.2) is 9.79 Å². The Kier molecular flexibility index (Phi) is 5.78. The summed E-state index contributed by atoms with van der Waals surface area (Å²) in [7, 11) is 0. The van der Waals surface area contributed by atoms with Crippen LogP contribution in [0.25, 0.3) is 6.08 Å². The fraction of sp³-hybridized carbons (Fsp3) is 0.208. The minimum atomic E-state index is -0.737. The molecule has 34 heavy (non-hydrogen) atoms. The average Bonchev–Trinajstić information content (AvgIpc) is 3.39. The molecule has 8 nitrogen and oxygen atoms in total. The van der Waals surface area contributed by atoms with Gasteiger partial charge < -0.3 is 19.3 Å². The summed E-state index contributed by atoms with van der Waals surface area (Å²) in [6.07, 6.45) is 1.73. The second kappa shape index (κ2) is 8.77. The number of aromatic nitrogens is 1. The zero-order valence-corrected chi connectivity index (χ0v) is 20.6. The summed E-state index contributed by atoms with van der Waals surface area (Å²) < 4.78 is 18.7. The van der Waals surface area contributed by atoms with Crippen LogP contribution in [-0.2, 0) is 9.53 Å². The number of carbonyl (C=O) groups excluding carboxylic acids is 1. The number of phenolic OH excluding ortho intramolecular Hbond substituents is 1. The average molecular weight is 543 g/mol. The molecule has 0 radical (unpaired) electrons. The molecular weight excluding hydrogens is 524 g/mol. The molecule has 174 valence electrons. The van der Waals surface area contributed by atoms with Gasteiger partial charge in [-0.1, -0.05) is 23.5 Å². The number of fused-ring (bicyclic) bond motifs is 2. The number of hydrogen-bond donors (Lipinski definition) is 1. The number of esters is 1. The zero-order chi connectivity index (χ0) is 24.0. The van der Waals surface area contributed by atoms with Crippen molar-refractivity contribution in [1.29, 1.82) is 0 Å². The molecule has 0 saturated carbocycles. The predicted octanol–water partition coefficient (Wildman–Crippen LogP) is 3.00. The van der Waals surface area contributed by atoms with Gasteiger partial charge >= 0.3 is 5.97 Å². The number of rotatable bonds is 4. The molecule has 0 fully saturated rings. The van der Waals surface area contributed by atoms with Crippen LogP contribution in [0.1, 0.15) is 31.0 Å². The highest BCUT2D eigenvalue weighted by atomic mass is 79.9. The molecule has 1 aromatic heterocycles. The van der Waals surface area contributed by atoms with Gasteiger partial charge in [-0.3, -0.25) is 9.36 Å². The van der Waals surface area contributed by atoms with E-state index in [0.717, 1.165) is 5.56 Å². The van der Waals surface area contributed by atoms with Crippen molar-refractivity contribution in [1.82, 2.24) is 4.57 Å². The van der Waals surface area contributed by atoms with Crippen LogP contribution in [0.5, 0.6) is 17.2 Å². The Morgan fingerprint density at radius 3 is 2.85 bits per heavy atom. The minimum Gasteiger partial charge on any atom is -0.507 e. The van der Waals surface area contributed by atoms with Gasteiger partial charge in [0, 0.05) is 0 Å². The molecule has 2 aromatic carbocycles. The second-order valence-electron chi connectivity index (χ2n) is 7.63. The molecule has 5 rings (SSSR count). The zero-order valence-electron chi connectivity index (χ0n) is 18.2. The summed E-state index contributed by atoms with van der Waals surface area (Å²) in [5.74, 6) is 0.734. The van der Waals surface area contributed by atoms with Crippen molar-refractivity contribution in [3.8, 4) is 17.2 Å². The lowest BCUT2D eigenvalue weighted by Gasteiger charge is -2.24. The molecule has 2 aliphatic heterocycles. The number of thiazole rings is 1. The molecule has 1 N–H and O–H groups in total. The van der Waals surface area contributed by atoms with Gasteiger partial charge in [0.25, 0.3) is 5.56 Å². The third kappa shape index (κ3) is 3.82. The number of phenols is 1. The Morgan fingerprint density at radius 2 is 2.09 bits per heavy atom. The highest BCUT2D eigenvalue weighted by Crippen LogP contribution is 2.38. The number of allylic oxidation sites excluding steroid dienone is 1. The number of hydrogen-bond acceptors (Lipinski definition) is 8. The molecule has 10 heteroatoms. The Hall–Kier alpha value is -3.37. The molecule has 0 amide bonds. The van der Waals surface area contributed by atoms with E-state index >= 15 is 0 Å². The lowest BCUT2D eigenvalue weighted by atomic mass is 9.95. The molecular formula is C24H19BrN2O6S. The largest absolute Gasteiger partial charge is 0.507 e. The van der Waals surface area contributed by atoms with Crippen LogP contribution in [0.3, 0.4) is 0 Å². The predicted molar refractivity (Wildman–Crippen MR) is 129 cm³/mol. The van der Waals surface area contributed by atoms with Gasteiger partial charge in [0.1, 0.15) is 5.75 Å². The fourth-order valence-electron chi connectivity index (χ4n) is 3.95. The van der Waals surface area contributed by atoms with E-state index in [0.29, 0.717) is 42.1 Å². The van der Waals surface area contributed by atoms with Crippen molar-refractivity contribution >= 4 is 39.3 Å². The third-order valence-corrected chi connectivity index (χ3v) is 7.12. The topological polar surface area (TPSA) is 99.4 Å². The molecule has 3 heterocycles. The highest BCUT2D eigenvalue weighted by molar-refractivity contribution is 9.10. The molecule has 3 aromatic rings. The van der Waals surface area contributed by atoms with Crippen molar-refractivity contribution in [2.24, 2.45) is 4.99 Å². The van der Waals surface area contributed by atoms with Crippen LogP contribution in [0.15, 0.2) is 61.9 Å². The first-order chi connectivity index (χ1) is 16.4. The Bertz CT molecular complexity index is 1540. The van der Waals surface area contributed by atoms with E-state index < -0.39 is 12.0 Å². The summed E-state index contributed by atoms with van der Waals surface area (Å²) in [4.78, 5) is 31.6. The number of ether oxygens (including phenoxy) is 3. The summed E-state index contributed by atoms with van der Waals surface area (Å²) in [5.41, 5.74) is 1.91. The van der Waals surface area contributed by atoms with Gasteiger partial charge in [-0.15, -0.1) is 0 Å². The number of halogens is 1. The molecule has 2 aliphatic rings. The molecule has 0 spiro atoms. The van der Waals surface area contributed by atoms with E-state index in [1.807, 2.05) is 6.07 Å². The monoisotopic (exact) mass is 542 g/mol. The van der Waals surface area contributed by atoms with E-state index in [2.05, 4.69) is 20.9 Å². The van der Waals surface area contributed by atoms with Gasteiger partial charge in [0.2, 0.25) is 6.79 Å². The molecule has 0 aliphatic carbocycles. The first-order valence-corrected chi connectivity index (χ1v) is 12.1. The van der Waals surface area contributed by atoms with E-state index in [1.54, 1.807) is 50.3 Å². The Labute approximate surface area is 206 Å². The lowest BCUT2D eigenvalue weighted by molar-refractivity contribution is -0.139. The van der Waals surface area contributed by atoms with E-state index in [9.17, 15) is 14.7 Å². The highest BCUT2D eigenvalue weighted by Gasteiger charge is 2.34. The summed E-state index contributed by atoms with van der Waals surface area (Å²) in [6, 6.07) is 9.59. The van der Waals surface area contributed by atoms with Crippen LogP contribution in [0, 0.1) is 0 Å². The molecule has 0 bridgehead atoms. The van der Waals surface area contributed by atoms with E-state index in [1.165, 1.54) is 15.9 Å². The maximum absolute atomic E-state index is 13.6. The van der Waals surface area contributed by atoms with Gasteiger partial charge in [0.15, 0.2) is 16.3 Å². The Morgan fingerprint density at radius 1 is 1.29 bits per heavy atom. The normalized spacial score (nSPS) is 16.9. The van der Waals surface area contributed by atoms with Crippen molar-refractivity contribution in [3.63, 3.8) is 0 Å². The first kappa shape index (κ1) is 22.4. The number of nitrogens with zero attached hydrogens (tertiary/aromatic N) is 2. The summed E-state index contributed by atoms with van der Waals surface area (Å²) in [5, 5.41) is 9.77. The Balaban J connectivity index is 1.72. The minimum absolute atomic E-state index is 0.108. The third-order valence-electron chi connectivity index (χ3n) is 5.50. The SMILES string of the molecule is CCOC(=O)C1=C(C)N=c2sc(=Cc3ccc(O)c(Br)c3)c(=O)n2C1c1ccc2c(c1)OCO2. The number of benzene rings is 2. The maximum Gasteiger partial charge on any atom is 0.338 e. The van der Waals surface area contributed by atoms with Crippen LogP contribution in [-0.4, -0.2) is 29.0 Å². The maximum atomic E-state index is 13.6. The van der Waals surface area contributed by atoms with Gasteiger partial charge in [-0.2, -0.15) is 0 Å². The van der Waals surface area contributed by atoms with Crippen molar-refractivity contribution < 1.29 is 24.1 Å². The van der Waals surface area contributed by atoms with Crippen LogP contribution >= 0.6 is 27.3 Å². The number of aromatic hydroxyl groups is 1. The second-order valence-corrected chi connectivity index (χ2v) is 9.49. The van der Waals surface area contributed by atoms with Crippen LogP contribution < -0.4 is 24.4 Å². The molecule has 0 saturated heterocycles. The smallest absolute Gasteiger partial charge is 0.338 e. The first-order valence-electron chi connectivity index (χ1n) is 10.4. The lowest BCUT2D eigenvalue weighted by Crippen LogP contribution is -2.39. The summed E-state index contributed by atoms with van der Waals surface area (Å²) in [6.45, 7) is 3.78. The quantitative estimate of drug-likeness (QED) is 0.509. The van der Waals surface area contributed by atoms with Crippen molar-refractivity contribution in [2.45, 2.75) is 19.9 Å². The van der Waals surface area contributed by atoms with Gasteiger partial charge in [-0.05, 0) is 71.2 Å². The van der Waals surface area contributed by atoms with E-state index in [4.69, 9.17) is 14.2 Å². The van der Waals surface area contributed by atoms with Gasteiger partial charge in [0.05, 0.1) is 32.9 Å². The van der Waals surface area contributed by atoms with Crippen LogP contribution in [0.2, 0.25) is 0 Å². The molecule has 1 unspecified atom stereocenters. The van der Waals surface area contributed by atoms with Crippen molar-refractivity contribution in [3.05, 3.63) is 83.0 Å². The van der Waals surface area contributed by atoms with E-state index in [-0.39, 0.29) is 24.7 Å². The summed E-state index contributed by atoms with van der Waals surface area (Å²) >= 11 is 4.53. The fourth-order valence-corrected chi connectivity index (χ4v) is 5.40. The van der Waals surface area contributed by atoms with Crippen molar-refractivity contribution in [2.75, 3.05) is 13.4 Å². The number of carbonyl (C=O) groups is 1. The van der Waals surface area contributed by atoms with Crippen LogP contribution in [0.4, 0.5) is 0 Å². The standard InChI is InChI=1S/C24H19BrN2O6S/c1-3-31-23(30)20-12(2)26-24-27(21(20)14-5-7-17-18(10-14)33-11-32-17)22(29)19(34-24)9-13-4-6-16(28)15(25)8-13/h4-10,21,28H,3,11H2,1-2H3. The molecule has 1 atom stereocenters.